The molecule has 0 aliphatic heterocycles. The van der Waals surface area contributed by atoms with Gasteiger partial charge in [-0.05, 0) is 25.0 Å². The molecule has 2 amide bonds. The molecular weight excluding hydrogens is 280 g/mol. The lowest BCUT2D eigenvalue weighted by molar-refractivity contribution is 0.155. The number of para-hydroxylation sites is 1. The summed E-state index contributed by atoms with van der Waals surface area (Å²) in [5, 5.41) is 15.4. The van der Waals surface area contributed by atoms with E-state index >= 15 is 0 Å². The van der Waals surface area contributed by atoms with Gasteiger partial charge in [-0.15, -0.1) is 0 Å². The molecular formula is C14H21ClN2O3. The van der Waals surface area contributed by atoms with Crippen LogP contribution in [0.3, 0.4) is 0 Å². The van der Waals surface area contributed by atoms with Gasteiger partial charge in [0.15, 0.2) is 5.75 Å². The van der Waals surface area contributed by atoms with Gasteiger partial charge in [-0.3, -0.25) is 0 Å². The number of nitrogens with one attached hydrogen (secondary N) is 2. The van der Waals surface area contributed by atoms with Gasteiger partial charge in [0.1, 0.15) is 0 Å². The summed E-state index contributed by atoms with van der Waals surface area (Å²) in [5.41, 5.74) is -0.132. The number of carbonyl (C=O) groups is 1. The fraction of sp³-hybridized carbons (Fsp3) is 0.500. The van der Waals surface area contributed by atoms with Crippen molar-refractivity contribution in [2.75, 3.05) is 19.0 Å². The SMILES string of the molecule is CCC(CC)(CO)NC(=O)Nc1cccc(Cl)c1OC. The molecule has 0 saturated heterocycles. The Kier molecular flexibility index (Phi) is 6.10. The van der Waals surface area contributed by atoms with Crippen molar-refractivity contribution < 1.29 is 14.6 Å². The fourth-order valence-electron chi connectivity index (χ4n) is 1.90. The quantitative estimate of drug-likeness (QED) is 0.756. The summed E-state index contributed by atoms with van der Waals surface area (Å²) in [4.78, 5) is 12.1. The van der Waals surface area contributed by atoms with E-state index in [1.54, 1.807) is 18.2 Å². The molecule has 0 aromatic heterocycles. The standard InChI is InChI=1S/C14H21ClN2O3/c1-4-14(5-2,9-18)17-13(19)16-11-8-6-7-10(15)12(11)20-3/h6-8,18H,4-5,9H2,1-3H3,(H2,16,17,19). The van der Waals surface area contributed by atoms with Crippen LogP contribution in [-0.2, 0) is 0 Å². The molecule has 0 aliphatic rings. The Hall–Kier alpha value is -1.46. The van der Waals surface area contributed by atoms with Gasteiger partial charge in [-0.25, -0.2) is 4.79 Å². The van der Waals surface area contributed by atoms with Crippen LogP contribution in [0.25, 0.3) is 0 Å². The summed E-state index contributed by atoms with van der Waals surface area (Å²) in [6.07, 6.45) is 1.28. The van der Waals surface area contributed by atoms with Crippen molar-refractivity contribution in [2.24, 2.45) is 0 Å². The summed E-state index contributed by atoms with van der Waals surface area (Å²) in [7, 11) is 1.49. The van der Waals surface area contributed by atoms with Gasteiger partial charge in [-0.1, -0.05) is 31.5 Å². The van der Waals surface area contributed by atoms with Crippen molar-refractivity contribution >= 4 is 23.3 Å². The highest BCUT2D eigenvalue weighted by molar-refractivity contribution is 6.32. The molecule has 112 valence electrons. The topological polar surface area (TPSA) is 70.6 Å². The summed E-state index contributed by atoms with van der Waals surface area (Å²) in [6, 6.07) is 4.70. The molecule has 0 fully saturated rings. The molecule has 0 radical (unpaired) electrons. The third kappa shape index (κ3) is 3.77. The Labute approximate surface area is 124 Å². The molecule has 1 rings (SSSR count). The maximum absolute atomic E-state index is 12.1. The summed E-state index contributed by atoms with van der Waals surface area (Å²) in [5.74, 6) is 0.409. The van der Waals surface area contributed by atoms with Crippen LogP contribution < -0.4 is 15.4 Å². The minimum absolute atomic E-state index is 0.111. The Balaban J connectivity index is 2.84. The molecule has 20 heavy (non-hydrogen) atoms. The van der Waals surface area contributed by atoms with Gasteiger partial charge in [-0.2, -0.15) is 0 Å². The number of ether oxygens (including phenoxy) is 1. The minimum Gasteiger partial charge on any atom is -0.493 e. The number of aliphatic hydroxyl groups is 1. The van der Waals surface area contributed by atoms with Crippen molar-refractivity contribution in [3.63, 3.8) is 0 Å². The van der Waals surface area contributed by atoms with Gasteiger partial charge in [0.25, 0.3) is 0 Å². The number of rotatable bonds is 6. The molecule has 0 aliphatic carbocycles. The van der Waals surface area contributed by atoms with Crippen molar-refractivity contribution in [3.8, 4) is 5.75 Å². The second kappa shape index (κ2) is 7.36. The number of halogens is 1. The van der Waals surface area contributed by atoms with Gasteiger partial charge >= 0.3 is 6.03 Å². The highest BCUT2D eigenvalue weighted by Crippen LogP contribution is 2.32. The van der Waals surface area contributed by atoms with E-state index in [9.17, 15) is 9.90 Å². The smallest absolute Gasteiger partial charge is 0.319 e. The normalized spacial score (nSPS) is 11.1. The number of aliphatic hydroxyl groups excluding tert-OH is 1. The van der Waals surface area contributed by atoms with Gasteiger partial charge in [0, 0.05) is 0 Å². The molecule has 0 atom stereocenters. The number of methoxy groups -OCH3 is 1. The van der Waals surface area contributed by atoms with Gasteiger partial charge < -0.3 is 20.5 Å². The zero-order valence-corrected chi connectivity index (χ0v) is 12.8. The lowest BCUT2D eigenvalue weighted by atomic mass is 9.94. The molecule has 0 spiro atoms. The van der Waals surface area contributed by atoms with E-state index in [0.29, 0.717) is 29.3 Å². The zero-order valence-electron chi connectivity index (χ0n) is 12.0. The molecule has 1 aromatic rings. The van der Waals surface area contributed by atoms with Crippen LogP contribution in [0.5, 0.6) is 5.75 Å². The van der Waals surface area contributed by atoms with Gasteiger partial charge in [0.2, 0.25) is 0 Å². The van der Waals surface area contributed by atoms with Crippen LogP contribution in [0.1, 0.15) is 26.7 Å². The maximum Gasteiger partial charge on any atom is 0.319 e. The largest absolute Gasteiger partial charge is 0.493 e. The predicted octanol–water partition coefficient (Wildman–Crippen LogP) is 3.02. The number of amides is 2. The maximum atomic E-state index is 12.1. The molecule has 0 heterocycles. The summed E-state index contributed by atoms with van der Waals surface area (Å²) >= 11 is 5.99. The summed E-state index contributed by atoms with van der Waals surface area (Å²) < 4.78 is 5.16. The first-order valence-electron chi connectivity index (χ1n) is 6.54. The van der Waals surface area contributed by atoms with Crippen LogP contribution in [-0.4, -0.2) is 30.4 Å². The first-order chi connectivity index (χ1) is 9.51. The third-order valence-corrected chi connectivity index (χ3v) is 3.75. The van der Waals surface area contributed by atoms with Crippen LogP contribution in [0.4, 0.5) is 10.5 Å². The van der Waals surface area contributed by atoms with E-state index < -0.39 is 11.6 Å². The first kappa shape index (κ1) is 16.6. The van der Waals surface area contributed by atoms with Crippen LogP contribution >= 0.6 is 11.6 Å². The third-order valence-electron chi connectivity index (χ3n) is 3.45. The highest BCUT2D eigenvalue weighted by atomic mass is 35.5. The fourth-order valence-corrected chi connectivity index (χ4v) is 2.15. The van der Waals surface area contributed by atoms with E-state index in [0.717, 1.165) is 0 Å². The molecule has 0 saturated carbocycles. The van der Waals surface area contributed by atoms with Crippen molar-refractivity contribution in [3.05, 3.63) is 23.2 Å². The number of hydrogen-bond donors (Lipinski definition) is 3. The van der Waals surface area contributed by atoms with E-state index in [-0.39, 0.29) is 6.61 Å². The van der Waals surface area contributed by atoms with E-state index in [1.165, 1.54) is 7.11 Å². The molecule has 1 aromatic carbocycles. The van der Waals surface area contributed by atoms with Crippen LogP contribution in [0, 0.1) is 0 Å². The lowest BCUT2D eigenvalue weighted by Gasteiger charge is -2.30. The molecule has 0 unspecified atom stereocenters. The molecule has 0 bridgehead atoms. The second-order valence-corrected chi connectivity index (χ2v) is 4.95. The number of carbonyl (C=O) groups excluding carboxylic acids is 1. The average molecular weight is 301 g/mol. The first-order valence-corrected chi connectivity index (χ1v) is 6.92. The predicted molar refractivity (Wildman–Crippen MR) is 80.6 cm³/mol. The van der Waals surface area contributed by atoms with E-state index in [4.69, 9.17) is 16.3 Å². The molecule has 6 heteroatoms. The van der Waals surface area contributed by atoms with E-state index in [1.807, 2.05) is 13.8 Å². The lowest BCUT2D eigenvalue weighted by Crippen LogP contribution is -2.52. The Morgan fingerprint density at radius 1 is 1.40 bits per heavy atom. The monoisotopic (exact) mass is 300 g/mol. The average Bonchev–Trinajstić information content (AvgIpc) is 2.45. The van der Waals surface area contributed by atoms with Crippen molar-refractivity contribution in [2.45, 2.75) is 32.2 Å². The minimum atomic E-state index is -0.615. The second-order valence-electron chi connectivity index (χ2n) is 4.55. The van der Waals surface area contributed by atoms with Gasteiger partial charge in [0.05, 0.1) is 30.0 Å². The molecule has 3 N–H and O–H groups in total. The summed E-state index contributed by atoms with van der Waals surface area (Å²) in [6.45, 7) is 3.72. The molecule has 5 nitrogen and oxygen atoms in total. The highest BCUT2D eigenvalue weighted by Gasteiger charge is 2.27. The van der Waals surface area contributed by atoms with E-state index in [2.05, 4.69) is 10.6 Å². The number of hydrogen-bond acceptors (Lipinski definition) is 3. The Morgan fingerprint density at radius 3 is 2.55 bits per heavy atom. The Bertz CT molecular complexity index is 453. The van der Waals surface area contributed by atoms with Crippen LogP contribution in [0.15, 0.2) is 18.2 Å². The number of urea groups is 1. The van der Waals surface area contributed by atoms with Crippen molar-refractivity contribution in [1.82, 2.24) is 5.32 Å². The van der Waals surface area contributed by atoms with Crippen LogP contribution in [0.2, 0.25) is 5.02 Å². The number of anilines is 1. The number of benzene rings is 1. The zero-order chi connectivity index (χ0) is 15.2. The van der Waals surface area contributed by atoms with Crippen molar-refractivity contribution in [1.29, 1.82) is 0 Å². The Morgan fingerprint density at radius 2 is 2.05 bits per heavy atom.